The van der Waals surface area contributed by atoms with Gasteiger partial charge in [0.15, 0.2) is 5.75 Å². The molecule has 0 radical (unpaired) electrons. The Morgan fingerprint density at radius 2 is 1.75 bits per heavy atom. The molecule has 0 aromatic heterocycles. The number of nitrogens with one attached hydrogen (secondary N) is 1. The zero-order valence-corrected chi connectivity index (χ0v) is 16.9. The highest BCUT2D eigenvalue weighted by atomic mass is 32.2. The lowest BCUT2D eigenvalue weighted by atomic mass is 10.3. The average Bonchev–Trinajstić information content (AvgIpc) is 2.66. The van der Waals surface area contributed by atoms with Crippen LogP contribution in [0.4, 0.5) is 5.69 Å². The molecular weight excluding hydrogens is 380 g/mol. The van der Waals surface area contributed by atoms with E-state index in [2.05, 4.69) is 5.32 Å². The maximum absolute atomic E-state index is 12.4. The van der Waals surface area contributed by atoms with Crippen molar-refractivity contribution in [2.75, 3.05) is 36.9 Å². The Kier molecular flexibility index (Phi) is 8.28. The fourth-order valence-electron chi connectivity index (χ4n) is 2.48. The zero-order valence-electron chi connectivity index (χ0n) is 16.1. The van der Waals surface area contributed by atoms with Crippen molar-refractivity contribution in [1.29, 1.82) is 0 Å². The summed E-state index contributed by atoms with van der Waals surface area (Å²) < 4.78 is 36.8. The van der Waals surface area contributed by atoms with Crippen molar-refractivity contribution in [3.8, 4) is 11.5 Å². The average molecular weight is 407 g/mol. The summed E-state index contributed by atoms with van der Waals surface area (Å²) in [5, 5.41) is 2.72. The van der Waals surface area contributed by atoms with Gasteiger partial charge in [-0.2, -0.15) is 0 Å². The van der Waals surface area contributed by atoms with E-state index in [1.54, 1.807) is 36.4 Å². The molecule has 7 nitrogen and oxygen atoms in total. The number of benzene rings is 2. The Morgan fingerprint density at radius 3 is 2.43 bits per heavy atom. The lowest BCUT2D eigenvalue weighted by Crippen LogP contribution is -2.40. The zero-order chi connectivity index (χ0) is 20.4. The van der Waals surface area contributed by atoms with E-state index in [0.717, 1.165) is 10.6 Å². The van der Waals surface area contributed by atoms with Crippen LogP contribution in [0.15, 0.2) is 54.6 Å². The highest BCUT2D eigenvalue weighted by Crippen LogP contribution is 2.33. The quantitative estimate of drug-likeness (QED) is 0.580. The van der Waals surface area contributed by atoms with E-state index in [9.17, 15) is 13.2 Å². The topological polar surface area (TPSA) is 84.9 Å². The Hall–Kier alpha value is -2.58. The Balaban J connectivity index is 2.14. The Bertz CT molecular complexity index is 856. The van der Waals surface area contributed by atoms with E-state index < -0.39 is 15.9 Å². The predicted molar refractivity (Wildman–Crippen MR) is 109 cm³/mol. The van der Waals surface area contributed by atoms with Crippen LogP contribution in [0.5, 0.6) is 11.5 Å². The minimum absolute atomic E-state index is 0.304. The predicted octanol–water partition coefficient (Wildman–Crippen LogP) is 2.79. The smallest absolute Gasteiger partial charge is 0.240 e. The van der Waals surface area contributed by atoms with Crippen LogP contribution in [0.25, 0.3) is 0 Å². The van der Waals surface area contributed by atoms with Gasteiger partial charge in [0.2, 0.25) is 15.9 Å². The number of anilines is 1. The molecule has 0 spiro atoms. The van der Waals surface area contributed by atoms with Crippen molar-refractivity contribution < 1.29 is 22.7 Å². The summed E-state index contributed by atoms with van der Waals surface area (Å²) in [6.45, 7) is 3.15. The van der Waals surface area contributed by atoms with Crippen molar-refractivity contribution in [1.82, 2.24) is 5.32 Å². The van der Waals surface area contributed by atoms with Crippen molar-refractivity contribution in [2.24, 2.45) is 0 Å². The molecule has 0 aliphatic carbocycles. The van der Waals surface area contributed by atoms with Gasteiger partial charge in [-0.05, 0) is 37.6 Å². The van der Waals surface area contributed by atoms with Crippen LogP contribution in [-0.4, -0.2) is 46.9 Å². The summed E-state index contributed by atoms with van der Waals surface area (Å²) in [6, 6.07) is 15.8. The first kappa shape index (κ1) is 21.7. The molecule has 2 rings (SSSR count). The van der Waals surface area contributed by atoms with Gasteiger partial charge < -0.3 is 14.8 Å². The van der Waals surface area contributed by atoms with Crippen molar-refractivity contribution in [3.63, 3.8) is 0 Å². The van der Waals surface area contributed by atoms with Crippen LogP contribution in [-0.2, 0) is 19.6 Å². The van der Waals surface area contributed by atoms with Crippen LogP contribution in [0.2, 0.25) is 0 Å². The van der Waals surface area contributed by atoms with Gasteiger partial charge >= 0.3 is 0 Å². The maximum atomic E-state index is 12.4. The van der Waals surface area contributed by atoms with E-state index >= 15 is 0 Å². The first-order valence-corrected chi connectivity index (χ1v) is 10.9. The largest absolute Gasteiger partial charge is 0.455 e. The van der Waals surface area contributed by atoms with Crippen molar-refractivity contribution >= 4 is 21.6 Å². The molecule has 1 N–H and O–H groups in total. The molecule has 0 unspecified atom stereocenters. The Labute approximate surface area is 166 Å². The molecule has 2 aromatic rings. The first-order chi connectivity index (χ1) is 13.4. The summed E-state index contributed by atoms with van der Waals surface area (Å²) >= 11 is 0. The summed E-state index contributed by atoms with van der Waals surface area (Å²) in [5.74, 6) is 0.531. The molecule has 8 heteroatoms. The number of carbonyl (C=O) groups excluding carboxylic acids is 1. The normalized spacial score (nSPS) is 11.1. The summed E-state index contributed by atoms with van der Waals surface area (Å²) in [5.41, 5.74) is 0.304. The van der Waals surface area contributed by atoms with Gasteiger partial charge in [0, 0.05) is 19.8 Å². The molecule has 0 aliphatic rings. The van der Waals surface area contributed by atoms with Crippen LogP contribution < -0.4 is 14.4 Å². The third-order valence-corrected chi connectivity index (χ3v) is 4.91. The number of ether oxygens (including phenoxy) is 2. The van der Waals surface area contributed by atoms with Crippen LogP contribution in [0.3, 0.4) is 0 Å². The second-order valence-corrected chi connectivity index (χ2v) is 7.96. The second kappa shape index (κ2) is 10.7. The molecule has 1 amide bonds. The number of hydrogen-bond acceptors (Lipinski definition) is 5. The summed E-state index contributed by atoms with van der Waals surface area (Å²) in [6.07, 6.45) is 1.72. The molecule has 0 saturated heterocycles. The van der Waals surface area contributed by atoms with E-state index in [1.165, 1.54) is 0 Å². The lowest BCUT2D eigenvalue weighted by Gasteiger charge is -2.24. The minimum Gasteiger partial charge on any atom is -0.455 e. The molecule has 0 bridgehead atoms. The van der Waals surface area contributed by atoms with Crippen LogP contribution in [0, 0.1) is 0 Å². The standard InChI is InChI=1S/C20H26N2O5S/c1-3-26-15-9-14-21-20(23)16-22(28(2,24)25)18-12-7-8-13-19(18)27-17-10-5-4-6-11-17/h4-8,10-13H,3,9,14-16H2,1-2H3,(H,21,23). The molecule has 28 heavy (non-hydrogen) atoms. The lowest BCUT2D eigenvalue weighted by molar-refractivity contribution is -0.119. The second-order valence-electron chi connectivity index (χ2n) is 6.05. The van der Waals surface area contributed by atoms with Gasteiger partial charge in [-0.1, -0.05) is 30.3 Å². The van der Waals surface area contributed by atoms with E-state index in [4.69, 9.17) is 9.47 Å². The van der Waals surface area contributed by atoms with E-state index in [-0.39, 0.29) is 6.54 Å². The number of nitrogens with zero attached hydrogens (tertiary/aromatic N) is 1. The highest BCUT2D eigenvalue weighted by molar-refractivity contribution is 7.92. The number of para-hydroxylation sites is 3. The van der Waals surface area contributed by atoms with Gasteiger partial charge in [-0.25, -0.2) is 8.42 Å². The van der Waals surface area contributed by atoms with Gasteiger partial charge in [0.25, 0.3) is 0 Å². The number of hydrogen-bond donors (Lipinski definition) is 1. The molecule has 0 atom stereocenters. The highest BCUT2D eigenvalue weighted by Gasteiger charge is 2.24. The first-order valence-electron chi connectivity index (χ1n) is 9.06. The summed E-state index contributed by atoms with van der Waals surface area (Å²) in [7, 11) is -3.70. The molecule has 0 aliphatic heterocycles. The Morgan fingerprint density at radius 1 is 1.07 bits per heavy atom. The van der Waals surface area contributed by atoms with Gasteiger partial charge in [0.1, 0.15) is 12.3 Å². The third-order valence-electron chi connectivity index (χ3n) is 3.78. The fraction of sp³-hybridized carbons (Fsp3) is 0.350. The van der Waals surface area contributed by atoms with Crippen molar-refractivity contribution in [3.05, 3.63) is 54.6 Å². The minimum atomic E-state index is -3.70. The maximum Gasteiger partial charge on any atom is 0.240 e. The molecular formula is C20H26N2O5S. The molecule has 0 heterocycles. The summed E-state index contributed by atoms with van der Waals surface area (Å²) in [4.78, 5) is 12.3. The number of sulfonamides is 1. The van der Waals surface area contributed by atoms with Gasteiger partial charge in [-0.3, -0.25) is 9.10 Å². The van der Waals surface area contributed by atoms with E-state index in [0.29, 0.717) is 43.4 Å². The van der Waals surface area contributed by atoms with E-state index in [1.807, 2.05) is 25.1 Å². The van der Waals surface area contributed by atoms with Crippen LogP contribution >= 0.6 is 0 Å². The monoisotopic (exact) mass is 406 g/mol. The molecule has 152 valence electrons. The molecule has 2 aromatic carbocycles. The molecule has 0 fully saturated rings. The van der Waals surface area contributed by atoms with Gasteiger partial charge in [-0.15, -0.1) is 0 Å². The fourth-order valence-corrected chi connectivity index (χ4v) is 3.34. The number of amides is 1. The van der Waals surface area contributed by atoms with Gasteiger partial charge in [0.05, 0.1) is 11.9 Å². The van der Waals surface area contributed by atoms with Crippen molar-refractivity contribution in [2.45, 2.75) is 13.3 Å². The third kappa shape index (κ3) is 6.86. The number of carbonyl (C=O) groups is 1. The van der Waals surface area contributed by atoms with Crippen LogP contribution in [0.1, 0.15) is 13.3 Å². The SMILES string of the molecule is CCOCCCNC(=O)CN(c1ccccc1Oc1ccccc1)S(C)(=O)=O. The molecule has 0 saturated carbocycles. The number of rotatable bonds is 11.